The summed E-state index contributed by atoms with van der Waals surface area (Å²) in [5, 5.41) is 12.0. The van der Waals surface area contributed by atoms with Crippen LogP contribution in [0.2, 0.25) is 5.02 Å². The van der Waals surface area contributed by atoms with Crippen LogP contribution in [0.1, 0.15) is 18.9 Å². The lowest BCUT2D eigenvalue weighted by molar-refractivity contribution is -0.117. The van der Waals surface area contributed by atoms with Crippen LogP contribution in [0.15, 0.2) is 22.4 Å². The molecular formula is C12H11BrClN3O. The number of nitrogens with one attached hydrogen (secondary N) is 1. The topological polar surface area (TPSA) is 65.8 Å². The van der Waals surface area contributed by atoms with Gasteiger partial charge in [-0.15, -0.1) is 0 Å². The van der Waals surface area contributed by atoms with Crippen molar-refractivity contribution in [2.75, 3.05) is 6.54 Å². The molecule has 1 heterocycles. The van der Waals surface area contributed by atoms with Crippen LogP contribution in [0.4, 0.5) is 0 Å². The molecule has 0 aromatic carbocycles. The highest BCUT2D eigenvalue weighted by Crippen LogP contribution is 2.25. The molecule has 0 atom stereocenters. The zero-order valence-electron chi connectivity index (χ0n) is 9.70. The third kappa shape index (κ3) is 3.83. The second-order valence-corrected chi connectivity index (χ2v) is 4.70. The van der Waals surface area contributed by atoms with Crippen LogP contribution in [0.3, 0.4) is 0 Å². The van der Waals surface area contributed by atoms with Crippen molar-refractivity contribution in [3.8, 4) is 6.07 Å². The molecule has 0 bridgehead atoms. The fourth-order valence-electron chi connectivity index (χ4n) is 1.19. The van der Waals surface area contributed by atoms with Crippen LogP contribution in [-0.2, 0) is 4.79 Å². The summed E-state index contributed by atoms with van der Waals surface area (Å²) in [5.74, 6) is -0.404. The predicted octanol–water partition coefficient (Wildman–Crippen LogP) is 2.93. The van der Waals surface area contributed by atoms with Crippen molar-refractivity contribution in [1.29, 1.82) is 5.26 Å². The molecule has 94 valence electrons. The molecule has 1 rings (SSSR count). The Morgan fingerprint density at radius 3 is 2.94 bits per heavy atom. The van der Waals surface area contributed by atoms with E-state index >= 15 is 0 Å². The molecule has 0 saturated heterocycles. The molecule has 0 saturated carbocycles. The zero-order valence-corrected chi connectivity index (χ0v) is 12.0. The highest BCUT2D eigenvalue weighted by Gasteiger charge is 2.11. The van der Waals surface area contributed by atoms with E-state index in [1.54, 1.807) is 6.20 Å². The van der Waals surface area contributed by atoms with Gasteiger partial charge < -0.3 is 5.32 Å². The smallest absolute Gasteiger partial charge is 0.261 e. The molecule has 1 N–H and O–H groups in total. The Kier molecular flexibility index (Phi) is 5.83. The van der Waals surface area contributed by atoms with Crippen LogP contribution in [0.25, 0.3) is 6.08 Å². The summed E-state index contributed by atoms with van der Waals surface area (Å²) >= 11 is 9.24. The van der Waals surface area contributed by atoms with E-state index in [0.29, 0.717) is 21.6 Å². The van der Waals surface area contributed by atoms with Gasteiger partial charge in [-0.1, -0.05) is 18.5 Å². The second-order valence-electron chi connectivity index (χ2n) is 3.44. The normalized spacial score (nSPS) is 10.9. The number of carbonyl (C=O) groups excluding carboxylic acids is 1. The van der Waals surface area contributed by atoms with Gasteiger partial charge in [-0.25, -0.2) is 0 Å². The lowest BCUT2D eigenvalue weighted by atomic mass is 10.1. The minimum Gasteiger partial charge on any atom is -0.351 e. The molecule has 18 heavy (non-hydrogen) atoms. The van der Waals surface area contributed by atoms with Gasteiger partial charge in [-0.05, 0) is 28.4 Å². The minimum atomic E-state index is -0.404. The number of halogens is 2. The van der Waals surface area contributed by atoms with Crippen molar-refractivity contribution in [3.05, 3.63) is 33.0 Å². The zero-order chi connectivity index (χ0) is 13.5. The van der Waals surface area contributed by atoms with Crippen molar-refractivity contribution in [2.45, 2.75) is 13.3 Å². The van der Waals surface area contributed by atoms with Crippen LogP contribution in [-0.4, -0.2) is 17.4 Å². The van der Waals surface area contributed by atoms with E-state index in [1.807, 2.05) is 13.0 Å². The van der Waals surface area contributed by atoms with Gasteiger partial charge >= 0.3 is 0 Å². The fraction of sp³-hybridized carbons (Fsp3) is 0.250. The number of hydrogen-bond donors (Lipinski definition) is 1. The number of hydrogen-bond acceptors (Lipinski definition) is 3. The Morgan fingerprint density at radius 2 is 2.39 bits per heavy atom. The van der Waals surface area contributed by atoms with E-state index in [9.17, 15) is 4.79 Å². The molecule has 0 aliphatic rings. The molecule has 0 aliphatic carbocycles. The van der Waals surface area contributed by atoms with Gasteiger partial charge in [-0.3, -0.25) is 9.78 Å². The van der Waals surface area contributed by atoms with Gasteiger partial charge in [-0.2, -0.15) is 5.26 Å². The SMILES string of the molecule is CCCNC(=O)/C(C#N)=C/c1c(Cl)cncc1Br. The van der Waals surface area contributed by atoms with Crippen molar-refractivity contribution in [1.82, 2.24) is 10.3 Å². The Bertz CT molecular complexity index is 502. The van der Waals surface area contributed by atoms with Crippen molar-refractivity contribution < 1.29 is 4.79 Å². The lowest BCUT2D eigenvalue weighted by Gasteiger charge is -2.04. The molecule has 6 heteroatoms. The van der Waals surface area contributed by atoms with Gasteiger partial charge in [0.1, 0.15) is 11.6 Å². The molecule has 1 aromatic rings. The van der Waals surface area contributed by atoms with Crippen molar-refractivity contribution in [3.63, 3.8) is 0 Å². The van der Waals surface area contributed by atoms with Crippen LogP contribution >= 0.6 is 27.5 Å². The van der Waals surface area contributed by atoms with Crippen molar-refractivity contribution >= 4 is 39.5 Å². The number of rotatable bonds is 4. The third-order valence-electron chi connectivity index (χ3n) is 2.08. The summed E-state index contributed by atoms with van der Waals surface area (Å²) in [4.78, 5) is 15.6. The highest BCUT2D eigenvalue weighted by molar-refractivity contribution is 9.10. The molecule has 0 spiro atoms. The molecule has 1 aromatic heterocycles. The number of aromatic nitrogens is 1. The monoisotopic (exact) mass is 327 g/mol. The maximum Gasteiger partial charge on any atom is 0.261 e. The summed E-state index contributed by atoms with van der Waals surface area (Å²) in [6, 6.07) is 1.86. The number of amides is 1. The Labute approximate surface area is 119 Å². The van der Waals surface area contributed by atoms with Gasteiger partial charge in [0.25, 0.3) is 5.91 Å². The molecule has 1 amide bonds. The molecule has 0 fully saturated rings. The number of pyridine rings is 1. The number of carbonyl (C=O) groups is 1. The molecule has 0 radical (unpaired) electrons. The van der Waals surface area contributed by atoms with Crippen LogP contribution in [0.5, 0.6) is 0 Å². The quantitative estimate of drug-likeness (QED) is 0.682. The predicted molar refractivity (Wildman–Crippen MR) is 73.8 cm³/mol. The maximum atomic E-state index is 11.7. The average molecular weight is 329 g/mol. The highest BCUT2D eigenvalue weighted by atomic mass is 79.9. The Hall–Kier alpha value is -1.38. The molecule has 4 nitrogen and oxygen atoms in total. The first kappa shape index (κ1) is 14.7. The first-order valence-electron chi connectivity index (χ1n) is 5.29. The second kappa shape index (κ2) is 7.14. The summed E-state index contributed by atoms with van der Waals surface area (Å²) in [7, 11) is 0. The lowest BCUT2D eigenvalue weighted by Crippen LogP contribution is -2.25. The van der Waals surface area contributed by atoms with E-state index in [2.05, 4.69) is 26.2 Å². The van der Waals surface area contributed by atoms with E-state index < -0.39 is 5.91 Å². The summed E-state index contributed by atoms with van der Waals surface area (Å²) < 4.78 is 0.631. The first-order chi connectivity index (χ1) is 8.60. The summed E-state index contributed by atoms with van der Waals surface area (Å²) in [6.45, 7) is 2.47. The Morgan fingerprint density at radius 1 is 1.67 bits per heavy atom. The molecule has 0 aliphatic heterocycles. The third-order valence-corrected chi connectivity index (χ3v) is 3.01. The fourth-order valence-corrected chi connectivity index (χ4v) is 1.96. The van der Waals surface area contributed by atoms with Gasteiger partial charge in [0.2, 0.25) is 0 Å². The van der Waals surface area contributed by atoms with Gasteiger partial charge in [0.15, 0.2) is 0 Å². The van der Waals surface area contributed by atoms with E-state index in [-0.39, 0.29) is 5.57 Å². The van der Waals surface area contributed by atoms with Crippen LogP contribution < -0.4 is 5.32 Å². The van der Waals surface area contributed by atoms with Crippen molar-refractivity contribution in [2.24, 2.45) is 0 Å². The molecule has 0 unspecified atom stereocenters. The largest absolute Gasteiger partial charge is 0.351 e. The molecular weight excluding hydrogens is 318 g/mol. The standard InChI is InChI=1S/C12H11BrClN3O/c1-2-3-17-12(18)8(5-15)4-9-10(13)6-16-7-11(9)14/h4,6-7H,2-3H2,1H3,(H,17,18)/b8-4+. The number of nitriles is 1. The first-order valence-corrected chi connectivity index (χ1v) is 6.46. The van der Waals surface area contributed by atoms with E-state index in [0.717, 1.165) is 6.42 Å². The van der Waals surface area contributed by atoms with E-state index in [4.69, 9.17) is 16.9 Å². The summed E-state index contributed by atoms with van der Waals surface area (Å²) in [6.07, 6.45) is 5.26. The van der Waals surface area contributed by atoms with Crippen LogP contribution in [0, 0.1) is 11.3 Å². The van der Waals surface area contributed by atoms with Gasteiger partial charge in [0.05, 0.1) is 5.02 Å². The maximum absolute atomic E-state index is 11.7. The summed E-state index contributed by atoms with van der Waals surface area (Å²) in [5.41, 5.74) is 0.576. The number of nitrogens with zero attached hydrogens (tertiary/aromatic N) is 2. The van der Waals surface area contributed by atoms with E-state index in [1.165, 1.54) is 12.3 Å². The Balaban J connectivity index is 3.05. The van der Waals surface area contributed by atoms with Gasteiger partial charge in [0, 0.05) is 29.0 Å². The average Bonchev–Trinajstić information content (AvgIpc) is 2.35. The minimum absolute atomic E-state index is 0.0113.